The summed E-state index contributed by atoms with van der Waals surface area (Å²) >= 11 is 0. The zero-order chi connectivity index (χ0) is 13.9. The summed E-state index contributed by atoms with van der Waals surface area (Å²) in [6.45, 7) is 4.07. The molecule has 2 N–H and O–H groups in total. The largest absolute Gasteiger partial charge is 0.350 e. The van der Waals surface area contributed by atoms with Crippen molar-refractivity contribution in [2.45, 2.75) is 26.9 Å². The molecule has 1 unspecified atom stereocenters. The van der Waals surface area contributed by atoms with Crippen molar-refractivity contribution < 1.29 is 4.92 Å². The summed E-state index contributed by atoms with van der Waals surface area (Å²) in [5, 5.41) is 10.8. The van der Waals surface area contributed by atoms with Gasteiger partial charge in [-0.25, -0.2) is 4.79 Å². The highest BCUT2D eigenvalue weighted by atomic mass is 16.6. The van der Waals surface area contributed by atoms with Gasteiger partial charge in [0.15, 0.2) is 0 Å². The second-order valence-corrected chi connectivity index (χ2v) is 4.10. The Balaban J connectivity index is 3.48. The van der Waals surface area contributed by atoms with Crippen molar-refractivity contribution in [1.29, 1.82) is 0 Å². The van der Waals surface area contributed by atoms with Gasteiger partial charge in [0, 0.05) is 13.1 Å². The molecule has 0 spiro atoms. The number of rotatable bonds is 5. The molecule has 0 aliphatic rings. The SMILES string of the molecule is CCn1cc([N+](=O)[O-])c(=O)n(CC(C)CN)c1=O. The number of nitrogens with two attached hydrogens (primary N) is 1. The van der Waals surface area contributed by atoms with Crippen LogP contribution in [0.5, 0.6) is 0 Å². The standard InChI is InChI=1S/C10H16N4O4/c1-3-12-6-8(14(17)18)9(15)13(10(12)16)5-7(2)4-11/h6-7H,3-5,11H2,1-2H3. The van der Waals surface area contributed by atoms with Gasteiger partial charge in [-0.2, -0.15) is 0 Å². The van der Waals surface area contributed by atoms with Crippen LogP contribution in [0, 0.1) is 16.0 Å². The highest BCUT2D eigenvalue weighted by Gasteiger charge is 2.20. The highest BCUT2D eigenvalue weighted by Crippen LogP contribution is 2.02. The second kappa shape index (κ2) is 5.58. The van der Waals surface area contributed by atoms with Gasteiger partial charge in [0.25, 0.3) is 0 Å². The van der Waals surface area contributed by atoms with E-state index < -0.39 is 21.9 Å². The van der Waals surface area contributed by atoms with Crippen LogP contribution in [-0.2, 0) is 13.1 Å². The Kier molecular flexibility index (Phi) is 4.38. The van der Waals surface area contributed by atoms with Gasteiger partial charge in [-0.3, -0.25) is 24.0 Å². The van der Waals surface area contributed by atoms with Gasteiger partial charge < -0.3 is 5.73 Å². The van der Waals surface area contributed by atoms with Crippen molar-refractivity contribution in [3.05, 3.63) is 37.1 Å². The summed E-state index contributed by atoms with van der Waals surface area (Å²) in [7, 11) is 0. The van der Waals surface area contributed by atoms with Gasteiger partial charge in [-0.05, 0) is 19.4 Å². The van der Waals surface area contributed by atoms with Crippen LogP contribution < -0.4 is 17.0 Å². The summed E-state index contributed by atoms with van der Waals surface area (Å²) in [4.78, 5) is 33.7. The first-order chi connectivity index (χ1) is 8.42. The van der Waals surface area contributed by atoms with Crippen molar-refractivity contribution in [1.82, 2.24) is 9.13 Å². The Hall–Kier alpha value is -1.96. The van der Waals surface area contributed by atoms with E-state index in [1.807, 2.05) is 0 Å². The molecule has 0 aliphatic heterocycles. The second-order valence-electron chi connectivity index (χ2n) is 4.10. The number of aromatic nitrogens is 2. The van der Waals surface area contributed by atoms with Crippen LogP contribution in [0.25, 0.3) is 0 Å². The van der Waals surface area contributed by atoms with E-state index in [1.165, 1.54) is 0 Å². The highest BCUT2D eigenvalue weighted by molar-refractivity contribution is 5.21. The normalized spacial score (nSPS) is 12.4. The predicted molar refractivity (Wildman–Crippen MR) is 65.5 cm³/mol. The molecule has 0 saturated heterocycles. The quantitative estimate of drug-likeness (QED) is 0.565. The maximum absolute atomic E-state index is 11.9. The molecule has 0 saturated carbocycles. The maximum atomic E-state index is 11.9. The van der Waals surface area contributed by atoms with Crippen LogP contribution in [0.4, 0.5) is 5.69 Å². The lowest BCUT2D eigenvalue weighted by Gasteiger charge is -2.12. The molecule has 1 aromatic rings. The first kappa shape index (κ1) is 14.1. The molecule has 8 heteroatoms. The number of hydrogen-bond acceptors (Lipinski definition) is 5. The molecule has 1 atom stereocenters. The zero-order valence-electron chi connectivity index (χ0n) is 10.3. The Labute approximate surface area is 103 Å². The number of nitro groups is 1. The van der Waals surface area contributed by atoms with Gasteiger partial charge in [-0.1, -0.05) is 6.92 Å². The van der Waals surface area contributed by atoms with E-state index in [4.69, 9.17) is 5.73 Å². The average molecular weight is 256 g/mol. The molecular formula is C10H16N4O4. The summed E-state index contributed by atoms with van der Waals surface area (Å²) in [6.07, 6.45) is 0.980. The van der Waals surface area contributed by atoms with Crippen LogP contribution in [0.2, 0.25) is 0 Å². The molecule has 0 amide bonds. The fourth-order valence-corrected chi connectivity index (χ4v) is 1.54. The third-order valence-electron chi connectivity index (χ3n) is 2.65. The van der Waals surface area contributed by atoms with Gasteiger partial charge >= 0.3 is 16.9 Å². The Morgan fingerprint density at radius 3 is 2.56 bits per heavy atom. The molecular weight excluding hydrogens is 240 g/mol. The molecule has 8 nitrogen and oxygen atoms in total. The molecule has 0 radical (unpaired) electrons. The monoisotopic (exact) mass is 256 g/mol. The van der Waals surface area contributed by atoms with Crippen molar-refractivity contribution in [2.24, 2.45) is 11.7 Å². The molecule has 1 aromatic heterocycles. The zero-order valence-corrected chi connectivity index (χ0v) is 10.3. The topological polar surface area (TPSA) is 113 Å². The Bertz CT molecular complexity index is 560. The van der Waals surface area contributed by atoms with Gasteiger partial charge in [-0.15, -0.1) is 0 Å². The van der Waals surface area contributed by atoms with Crippen LogP contribution >= 0.6 is 0 Å². The minimum Gasteiger partial charge on any atom is -0.330 e. The molecule has 0 fully saturated rings. The van der Waals surface area contributed by atoms with Crippen LogP contribution in [0.15, 0.2) is 15.8 Å². The van der Waals surface area contributed by atoms with E-state index in [1.54, 1.807) is 13.8 Å². The number of aryl methyl sites for hydroxylation is 1. The van der Waals surface area contributed by atoms with Crippen LogP contribution in [-0.4, -0.2) is 20.6 Å². The fraction of sp³-hybridized carbons (Fsp3) is 0.600. The maximum Gasteiger partial charge on any atom is 0.350 e. The predicted octanol–water partition coefficient (Wildman–Crippen LogP) is -0.467. The Morgan fingerprint density at radius 1 is 1.50 bits per heavy atom. The molecule has 0 aromatic carbocycles. The first-order valence-electron chi connectivity index (χ1n) is 5.61. The minimum absolute atomic E-state index is 0.0792. The third-order valence-corrected chi connectivity index (χ3v) is 2.65. The Morgan fingerprint density at radius 2 is 2.11 bits per heavy atom. The van der Waals surface area contributed by atoms with Crippen LogP contribution in [0.3, 0.4) is 0 Å². The van der Waals surface area contributed by atoms with Gasteiger partial charge in [0.1, 0.15) is 0 Å². The number of nitrogens with zero attached hydrogens (tertiary/aromatic N) is 3. The molecule has 0 bridgehead atoms. The average Bonchev–Trinajstić information content (AvgIpc) is 2.33. The van der Waals surface area contributed by atoms with E-state index in [9.17, 15) is 19.7 Å². The number of hydrogen-bond donors (Lipinski definition) is 1. The summed E-state index contributed by atoms with van der Waals surface area (Å²) in [5.41, 5.74) is 3.41. The van der Waals surface area contributed by atoms with E-state index in [2.05, 4.69) is 0 Å². The molecule has 1 heterocycles. The van der Waals surface area contributed by atoms with Gasteiger partial charge in [0.2, 0.25) is 0 Å². The lowest BCUT2D eigenvalue weighted by atomic mass is 10.2. The van der Waals surface area contributed by atoms with E-state index in [0.717, 1.165) is 15.3 Å². The van der Waals surface area contributed by atoms with Crippen molar-refractivity contribution in [3.63, 3.8) is 0 Å². The lowest BCUT2D eigenvalue weighted by Crippen LogP contribution is -2.42. The van der Waals surface area contributed by atoms with Crippen LogP contribution in [0.1, 0.15) is 13.8 Å². The van der Waals surface area contributed by atoms with E-state index in [0.29, 0.717) is 6.54 Å². The summed E-state index contributed by atoms with van der Waals surface area (Å²) in [6, 6.07) is 0. The smallest absolute Gasteiger partial charge is 0.330 e. The molecule has 0 aliphatic carbocycles. The fourth-order valence-electron chi connectivity index (χ4n) is 1.54. The third kappa shape index (κ3) is 2.65. The molecule has 1 rings (SSSR count). The molecule has 18 heavy (non-hydrogen) atoms. The van der Waals surface area contributed by atoms with Crippen molar-refractivity contribution in [2.75, 3.05) is 6.54 Å². The minimum atomic E-state index is -0.880. The van der Waals surface area contributed by atoms with Gasteiger partial charge in [0.05, 0.1) is 11.1 Å². The lowest BCUT2D eigenvalue weighted by molar-refractivity contribution is -0.387. The summed E-state index contributed by atoms with van der Waals surface area (Å²) < 4.78 is 2.02. The van der Waals surface area contributed by atoms with E-state index >= 15 is 0 Å². The summed E-state index contributed by atoms with van der Waals surface area (Å²) in [5.74, 6) is -0.109. The van der Waals surface area contributed by atoms with Crippen molar-refractivity contribution >= 4 is 5.69 Å². The van der Waals surface area contributed by atoms with Crippen molar-refractivity contribution in [3.8, 4) is 0 Å². The first-order valence-corrected chi connectivity index (χ1v) is 5.61. The van der Waals surface area contributed by atoms with E-state index in [-0.39, 0.29) is 19.0 Å². The molecule has 100 valence electrons.